The molecule has 0 unspecified atom stereocenters. The first-order chi connectivity index (χ1) is 13.3. The maximum Gasteiger partial charge on any atom is 0.314 e. The molecule has 1 aliphatic rings. The van der Waals surface area contributed by atoms with Crippen LogP contribution in [0.15, 0.2) is 36.4 Å². The van der Waals surface area contributed by atoms with Crippen LogP contribution in [-0.4, -0.2) is 32.4 Å². The Morgan fingerprint density at radius 1 is 0.607 bits per heavy atom. The van der Waals surface area contributed by atoms with Crippen molar-refractivity contribution in [3.63, 3.8) is 0 Å². The van der Waals surface area contributed by atoms with Gasteiger partial charge in [-0.05, 0) is 25.7 Å². The third-order valence-electron chi connectivity index (χ3n) is 4.58. The summed E-state index contributed by atoms with van der Waals surface area (Å²) in [6, 6.07) is 7.16. The zero-order chi connectivity index (χ0) is 20.3. The fourth-order valence-electron chi connectivity index (χ4n) is 3.22. The van der Waals surface area contributed by atoms with Gasteiger partial charge in [-0.15, -0.1) is 0 Å². The molecule has 0 saturated heterocycles. The van der Waals surface area contributed by atoms with Crippen molar-refractivity contribution in [2.75, 3.05) is 0 Å². The van der Waals surface area contributed by atoms with Crippen LogP contribution >= 0.6 is 0 Å². The van der Waals surface area contributed by atoms with Gasteiger partial charge in [-0.25, -0.2) is 0 Å². The number of aromatic hydroxyl groups is 4. The molecule has 2 aromatic rings. The minimum atomic E-state index is -0.491. The zero-order valence-corrected chi connectivity index (χ0v) is 14.9. The smallest absolute Gasteiger partial charge is 0.314 e. The van der Waals surface area contributed by atoms with Crippen LogP contribution in [0, 0.1) is 11.8 Å². The summed E-state index contributed by atoms with van der Waals surface area (Å²) < 4.78 is 10.4. The van der Waals surface area contributed by atoms with Crippen LogP contribution in [0.2, 0.25) is 0 Å². The summed E-state index contributed by atoms with van der Waals surface area (Å²) in [5.41, 5.74) is 0. The largest absolute Gasteiger partial charge is 0.508 e. The van der Waals surface area contributed by atoms with E-state index in [0.717, 1.165) is 12.1 Å². The Labute approximate surface area is 160 Å². The van der Waals surface area contributed by atoms with Gasteiger partial charge in [-0.3, -0.25) is 9.59 Å². The molecule has 0 radical (unpaired) electrons. The van der Waals surface area contributed by atoms with Crippen molar-refractivity contribution in [2.45, 2.75) is 25.7 Å². The number of benzene rings is 2. The van der Waals surface area contributed by atoms with Crippen LogP contribution in [0.3, 0.4) is 0 Å². The molecule has 1 saturated carbocycles. The Bertz CT molecular complexity index is 770. The molecule has 8 nitrogen and oxygen atoms in total. The van der Waals surface area contributed by atoms with Crippen molar-refractivity contribution in [3.8, 4) is 34.5 Å². The van der Waals surface area contributed by atoms with Gasteiger partial charge in [0.2, 0.25) is 0 Å². The van der Waals surface area contributed by atoms with Gasteiger partial charge in [0, 0.05) is 36.4 Å². The van der Waals surface area contributed by atoms with Gasteiger partial charge >= 0.3 is 11.9 Å². The Hall–Kier alpha value is -3.42. The molecular formula is C20H20O8. The average Bonchev–Trinajstić information content (AvgIpc) is 2.60. The van der Waals surface area contributed by atoms with E-state index in [-0.39, 0.29) is 34.5 Å². The number of rotatable bonds is 4. The fraction of sp³-hybridized carbons (Fsp3) is 0.300. The van der Waals surface area contributed by atoms with Crippen molar-refractivity contribution in [1.29, 1.82) is 0 Å². The molecule has 0 heterocycles. The van der Waals surface area contributed by atoms with Crippen LogP contribution in [-0.2, 0) is 9.59 Å². The van der Waals surface area contributed by atoms with Crippen LogP contribution in [0.4, 0.5) is 0 Å². The molecule has 28 heavy (non-hydrogen) atoms. The minimum absolute atomic E-state index is 0.0488. The summed E-state index contributed by atoms with van der Waals surface area (Å²) in [4.78, 5) is 24.6. The maximum absolute atomic E-state index is 12.3. The lowest BCUT2D eigenvalue weighted by Crippen LogP contribution is -2.30. The highest BCUT2D eigenvalue weighted by molar-refractivity contribution is 5.78. The van der Waals surface area contributed by atoms with Gasteiger partial charge in [0.25, 0.3) is 0 Å². The lowest BCUT2D eigenvalue weighted by atomic mass is 9.82. The SMILES string of the molecule is O=C(Oc1cc(O)cc(O)c1)C1CCC(C(=O)Oc2cc(O)cc(O)c2)CC1. The molecule has 4 N–H and O–H groups in total. The molecule has 1 aliphatic carbocycles. The quantitative estimate of drug-likeness (QED) is 0.464. The lowest BCUT2D eigenvalue weighted by Gasteiger charge is -2.25. The Kier molecular flexibility index (Phi) is 5.58. The summed E-state index contributed by atoms with van der Waals surface area (Å²) >= 11 is 0. The first-order valence-electron chi connectivity index (χ1n) is 8.79. The van der Waals surface area contributed by atoms with Crippen LogP contribution in [0.25, 0.3) is 0 Å². The van der Waals surface area contributed by atoms with E-state index in [0.29, 0.717) is 25.7 Å². The zero-order valence-electron chi connectivity index (χ0n) is 14.9. The molecule has 0 atom stereocenters. The Morgan fingerprint density at radius 2 is 0.893 bits per heavy atom. The third kappa shape index (κ3) is 4.85. The normalized spacial score (nSPS) is 19.0. The molecule has 0 aromatic heterocycles. The maximum atomic E-state index is 12.3. The predicted octanol–water partition coefficient (Wildman–Crippen LogP) is 2.83. The highest BCUT2D eigenvalue weighted by atomic mass is 16.5. The van der Waals surface area contributed by atoms with Gasteiger partial charge in [-0.1, -0.05) is 0 Å². The number of hydrogen-bond donors (Lipinski definition) is 4. The molecular weight excluding hydrogens is 368 g/mol. The van der Waals surface area contributed by atoms with Gasteiger partial charge in [0.05, 0.1) is 11.8 Å². The van der Waals surface area contributed by atoms with E-state index in [1.54, 1.807) is 0 Å². The Morgan fingerprint density at radius 3 is 1.18 bits per heavy atom. The van der Waals surface area contributed by atoms with Crippen LogP contribution in [0.5, 0.6) is 34.5 Å². The lowest BCUT2D eigenvalue weighted by molar-refractivity contribution is -0.145. The molecule has 0 bridgehead atoms. The number of phenolic OH excluding ortho intramolecular Hbond substituents is 4. The predicted molar refractivity (Wildman–Crippen MR) is 96.3 cm³/mol. The fourth-order valence-corrected chi connectivity index (χ4v) is 3.22. The Balaban J connectivity index is 1.53. The highest BCUT2D eigenvalue weighted by Gasteiger charge is 2.32. The van der Waals surface area contributed by atoms with E-state index in [1.165, 1.54) is 24.3 Å². The summed E-state index contributed by atoms with van der Waals surface area (Å²) in [6.45, 7) is 0. The number of phenols is 4. The minimum Gasteiger partial charge on any atom is -0.508 e. The first kappa shape index (κ1) is 19.3. The molecule has 0 amide bonds. The van der Waals surface area contributed by atoms with Crippen molar-refractivity contribution >= 4 is 11.9 Å². The number of ether oxygens (including phenoxy) is 2. The number of esters is 2. The van der Waals surface area contributed by atoms with E-state index in [4.69, 9.17) is 9.47 Å². The second kappa shape index (κ2) is 8.08. The van der Waals surface area contributed by atoms with Gasteiger partial charge in [0.15, 0.2) is 0 Å². The van der Waals surface area contributed by atoms with E-state index in [2.05, 4.69) is 0 Å². The summed E-state index contributed by atoms with van der Waals surface area (Å²) in [5, 5.41) is 37.7. The van der Waals surface area contributed by atoms with E-state index in [9.17, 15) is 30.0 Å². The molecule has 8 heteroatoms. The second-order valence-electron chi connectivity index (χ2n) is 6.76. The number of carbonyl (C=O) groups excluding carboxylic acids is 2. The van der Waals surface area contributed by atoms with Crippen LogP contribution < -0.4 is 9.47 Å². The molecule has 1 fully saturated rings. The molecule has 0 aliphatic heterocycles. The van der Waals surface area contributed by atoms with E-state index >= 15 is 0 Å². The number of carbonyl (C=O) groups is 2. The van der Waals surface area contributed by atoms with Gasteiger partial charge in [-0.2, -0.15) is 0 Å². The molecule has 0 spiro atoms. The topological polar surface area (TPSA) is 134 Å². The van der Waals surface area contributed by atoms with Gasteiger partial charge in [0.1, 0.15) is 34.5 Å². The third-order valence-corrected chi connectivity index (χ3v) is 4.58. The molecule has 148 valence electrons. The van der Waals surface area contributed by atoms with Crippen LogP contribution in [0.1, 0.15) is 25.7 Å². The first-order valence-corrected chi connectivity index (χ1v) is 8.79. The van der Waals surface area contributed by atoms with E-state index in [1.807, 2.05) is 0 Å². The van der Waals surface area contributed by atoms with Crippen molar-refractivity contribution in [1.82, 2.24) is 0 Å². The van der Waals surface area contributed by atoms with Gasteiger partial charge < -0.3 is 29.9 Å². The average molecular weight is 388 g/mol. The summed E-state index contributed by atoms with van der Waals surface area (Å²) in [7, 11) is 0. The van der Waals surface area contributed by atoms with Crippen molar-refractivity contribution in [3.05, 3.63) is 36.4 Å². The van der Waals surface area contributed by atoms with Crippen molar-refractivity contribution in [2.24, 2.45) is 11.8 Å². The molecule has 2 aromatic carbocycles. The van der Waals surface area contributed by atoms with Crippen molar-refractivity contribution < 1.29 is 39.5 Å². The summed E-state index contributed by atoms with van der Waals surface area (Å²) in [5.74, 6) is -2.56. The number of hydrogen-bond acceptors (Lipinski definition) is 8. The second-order valence-corrected chi connectivity index (χ2v) is 6.76. The highest BCUT2D eigenvalue weighted by Crippen LogP contribution is 2.33. The summed E-state index contributed by atoms with van der Waals surface area (Å²) in [6.07, 6.45) is 1.70. The monoisotopic (exact) mass is 388 g/mol. The standard InChI is InChI=1S/C20H20O8/c21-13-5-14(22)8-17(7-13)27-19(25)11-1-2-12(4-3-11)20(26)28-18-9-15(23)6-16(24)10-18/h5-12,21-24H,1-4H2. The van der Waals surface area contributed by atoms with E-state index < -0.39 is 23.8 Å². The molecule has 3 rings (SSSR count).